The molecule has 0 N–H and O–H groups in total. The Morgan fingerprint density at radius 3 is 2.21 bits per heavy atom. The van der Waals surface area contributed by atoms with Crippen molar-refractivity contribution in [3.05, 3.63) is 70.3 Å². The smallest absolute Gasteiger partial charge is 0.121 e. The minimum absolute atomic E-state index is 0.0479. The Hall–Kier alpha value is -1.96. The summed E-state index contributed by atoms with van der Waals surface area (Å²) in [5.41, 5.74) is 6.36. The maximum Gasteiger partial charge on any atom is 0.121 e. The maximum absolute atomic E-state index is 4.52. The van der Waals surface area contributed by atoms with Crippen LogP contribution in [0.5, 0.6) is 0 Å². The third kappa shape index (κ3) is 2.19. The van der Waals surface area contributed by atoms with Gasteiger partial charge < -0.3 is 0 Å². The van der Waals surface area contributed by atoms with Crippen molar-refractivity contribution in [2.75, 3.05) is 0 Å². The first kappa shape index (κ1) is 12.1. The summed E-state index contributed by atoms with van der Waals surface area (Å²) in [7, 11) is 0. The third-order valence-electron chi connectivity index (χ3n) is 3.74. The van der Waals surface area contributed by atoms with E-state index in [9.17, 15) is 0 Å². The lowest BCUT2D eigenvalue weighted by molar-refractivity contribution is 0.626. The van der Waals surface area contributed by atoms with Crippen LogP contribution in [-0.2, 0) is 0 Å². The molecule has 2 aromatic carbocycles. The summed E-state index contributed by atoms with van der Waals surface area (Å²) in [5.74, 6) is 0. The highest BCUT2D eigenvalue weighted by Gasteiger charge is 2.24. The van der Waals surface area contributed by atoms with Crippen LogP contribution < -0.4 is 0 Å². The number of aryl methyl sites for hydroxylation is 2. The molecule has 1 aliphatic rings. The Kier molecular flexibility index (Phi) is 2.94. The minimum atomic E-state index is 0.0479. The van der Waals surface area contributed by atoms with Crippen LogP contribution in [0.3, 0.4) is 0 Å². The Morgan fingerprint density at radius 2 is 1.47 bits per heavy atom. The van der Waals surface area contributed by atoms with Crippen molar-refractivity contribution in [3.8, 4) is 0 Å². The van der Waals surface area contributed by atoms with E-state index in [0.717, 1.165) is 0 Å². The minimum Gasteiger partial charge on any atom is -0.185 e. The largest absolute Gasteiger partial charge is 0.185 e. The first-order valence-electron chi connectivity index (χ1n) is 6.72. The molecule has 3 rings (SSSR count). The van der Waals surface area contributed by atoms with Gasteiger partial charge in [-0.3, -0.25) is 0 Å². The first-order valence-corrected chi connectivity index (χ1v) is 6.72. The molecule has 1 aliphatic heterocycles. The molecule has 0 aliphatic carbocycles. The van der Waals surface area contributed by atoms with E-state index < -0.39 is 0 Å². The van der Waals surface area contributed by atoms with E-state index in [4.69, 9.17) is 0 Å². The van der Waals surface area contributed by atoms with Gasteiger partial charge >= 0.3 is 0 Å². The average Bonchev–Trinajstić information content (AvgIpc) is 2.40. The van der Waals surface area contributed by atoms with Crippen LogP contribution in [0.15, 0.2) is 52.7 Å². The summed E-state index contributed by atoms with van der Waals surface area (Å²) in [5, 5.41) is 8.92. The molecule has 2 aromatic rings. The van der Waals surface area contributed by atoms with Crippen LogP contribution >= 0.6 is 0 Å². The summed E-state index contributed by atoms with van der Waals surface area (Å²) < 4.78 is 0. The van der Waals surface area contributed by atoms with Crippen molar-refractivity contribution < 1.29 is 0 Å². The second-order valence-electron chi connectivity index (χ2n) is 5.35. The van der Waals surface area contributed by atoms with E-state index in [2.05, 4.69) is 73.5 Å². The molecule has 96 valence electrons. The van der Waals surface area contributed by atoms with Crippen molar-refractivity contribution in [3.63, 3.8) is 0 Å². The van der Waals surface area contributed by atoms with Crippen molar-refractivity contribution in [2.45, 2.75) is 32.9 Å². The van der Waals surface area contributed by atoms with Crippen molar-refractivity contribution >= 4 is 0 Å². The molecular formula is C17H18N2. The van der Waals surface area contributed by atoms with Gasteiger partial charge in [0, 0.05) is 0 Å². The van der Waals surface area contributed by atoms with E-state index in [1.165, 1.54) is 27.8 Å². The van der Waals surface area contributed by atoms with Gasteiger partial charge in [0.05, 0.1) is 6.04 Å². The number of hydrogen-bond acceptors (Lipinski definition) is 2. The van der Waals surface area contributed by atoms with Gasteiger partial charge in [-0.05, 0) is 37.5 Å². The molecule has 2 heteroatoms. The maximum atomic E-state index is 4.52. The van der Waals surface area contributed by atoms with Gasteiger partial charge in [0.1, 0.15) is 6.04 Å². The molecule has 0 bridgehead atoms. The normalized spacial score (nSPS) is 21.2. The molecule has 0 saturated carbocycles. The highest BCUT2D eigenvalue weighted by atomic mass is 15.2. The summed E-state index contributed by atoms with van der Waals surface area (Å²) in [6.07, 6.45) is 0. The Morgan fingerprint density at radius 1 is 0.789 bits per heavy atom. The zero-order valence-electron chi connectivity index (χ0n) is 11.6. The van der Waals surface area contributed by atoms with Crippen LogP contribution in [0.1, 0.15) is 46.8 Å². The molecule has 0 radical (unpaired) electrons. The van der Waals surface area contributed by atoms with Crippen LogP contribution in [0.4, 0.5) is 0 Å². The fraction of sp³-hybridized carbons (Fsp3) is 0.294. The monoisotopic (exact) mass is 250 g/mol. The second kappa shape index (κ2) is 4.61. The zero-order chi connectivity index (χ0) is 13.4. The standard InChI is InChI=1S/C17H18N2/c1-11-4-7-14(8-5-11)17-16-10-12(2)6-9-15(16)13(3)18-19-17/h4-10,13,17H,1-3H3. The number of rotatable bonds is 1. The SMILES string of the molecule is Cc1ccc(C2N=NC(C)c3ccc(C)cc32)cc1. The molecule has 2 unspecified atom stereocenters. The predicted octanol–water partition coefficient (Wildman–Crippen LogP) is 4.92. The number of nitrogens with zero attached hydrogens (tertiary/aromatic N) is 2. The predicted molar refractivity (Wildman–Crippen MR) is 77.5 cm³/mol. The fourth-order valence-corrected chi connectivity index (χ4v) is 2.60. The summed E-state index contributed by atoms with van der Waals surface area (Å²) in [6, 6.07) is 15.4. The Balaban J connectivity index is 2.11. The van der Waals surface area contributed by atoms with Crippen LogP contribution in [0, 0.1) is 13.8 Å². The van der Waals surface area contributed by atoms with E-state index in [0.29, 0.717) is 0 Å². The molecule has 0 aromatic heterocycles. The lowest BCUT2D eigenvalue weighted by Gasteiger charge is -2.24. The molecule has 0 fully saturated rings. The van der Waals surface area contributed by atoms with E-state index >= 15 is 0 Å². The molecule has 2 atom stereocenters. The van der Waals surface area contributed by atoms with Crippen molar-refractivity contribution in [1.82, 2.24) is 0 Å². The molecule has 2 nitrogen and oxygen atoms in total. The highest BCUT2D eigenvalue weighted by molar-refractivity contribution is 5.42. The van der Waals surface area contributed by atoms with E-state index in [1.807, 2.05) is 0 Å². The third-order valence-corrected chi connectivity index (χ3v) is 3.74. The van der Waals surface area contributed by atoms with Crippen LogP contribution in [0.25, 0.3) is 0 Å². The topological polar surface area (TPSA) is 24.7 Å². The second-order valence-corrected chi connectivity index (χ2v) is 5.35. The molecule has 19 heavy (non-hydrogen) atoms. The number of hydrogen-bond donors (Lipinski definition) is 0. The molecular weight excluding hydrogens is 232 g/mol. The quantitative estimate of drug-likeness (QED) is 0.686. The number of fused-ring (bicyclic) bond motifs is 1. The fourth-order valence-electron chi connectivity index (χ4n) is 2.60. The number of benzene rings is 2. The zero-order valence-corrected chi connectivity index (χ0v) is 11.6. The van der Waals surface area contributed by atoms with Gasteiger partial charge in [0.2, 0.25) is 0 Å². The van der Waals surface area contributed by atoms with Gasteiger partial charge in [-0.25, -0.2) is 0 Å². The van der Waals surface area contributed by atoms with Gasteiger partial charge in [-0.2, -0.15) is 10.2 Å². The first-order chi connectivity index (χ1) is 9.15. The van der Waals surface area contributed by atoms with Crippen LogP contribution in [0.2, 0.25) is 0 Å². The molecule has 0 saturated heterocycles. The van der Waals surface area contributed by atoms with E-state index in [-0.39, 0.29) is 12.1 Å². The Bertz CT molecular complexity index is 626. The van der Waals surface area contributed by atoms with Crippen molar-refractivity contribution in [2.24, 2.45) is 10.2 Å². The molecule has 0 amide bonds. The molecule has 1 heterocycles. The Labute approximate surface area is 114 Å². The van der Waals surface area contributed by atoms with Gasteiger partial charge in [0.15, 0.2) is 0 Å². The summed E-state index contributed by atoms with van der Waals surface area (Å²) >= 11 is 0. The summed E-state index contributed by atoms with van der Waals surface area (Å²) in [4.78, 5) is 0. The van der Waals surface area contributed by atoms with E-state index in [1.54, 1.807) is 0 Å². The lowest BCUT2D eigenvalue weighted by atomic mass is 9.89. The van der Waals surface area contributed by atoms with Gasteiger partial charge in [-0.1, -0.05) is 53.6 Å². The highest BCUT2D eigenvalue weighted by Crippen LogP contribution is 2.38. The van der Waals surface area contributed by atoms with Crippen LogP contribution in [-0.4, -0.2) is 0 Å². The summed E-state index contributed by atoms with van der Waals surface area (Å²) in [6.45, 7) is 6.33. The van der Waals surface area contributed by atoms with Gasteiger partial charge in [-0.15, -0.1) is 0 Å². The van der Waals surface area contributed by atoms with Crippen molar-refractivity contribution in [1.29, 1.82) is 0 Å². The molecule has 0 spiro atoms. The van der Waals surface area contributed by atoms with Gasteiger partial charge in [0.25, 0.3) is 0 Å². The average molecular weight is 250 g/mol. The lowest BCUT2D eigenvalue weighted by Crippen LogP contribution is -2.09. The number of azo groups is 1.